The minimum Gasteiger partial charge on any atom is -0.371 e. The number of rotatable bonds is 6. The van der Waals surface area contributed by atoms with Crippen molar-refractivity contribution < 1.29 is 4.79 Å². The molecule has 1 heterocycles. The van der Waals surface area contributed by atoms with Crippen molar-refractivity contribution in [1.29, 1.82) is 0 Å². The van der Waals surface area contributed by atoms with Gasteiger partial charge in [-0.1, -0.05) is 24.3 Å². The first-order valence-corrected chi connectivity index (χ1v) is 10.4. The molecule has 0 atom stereocenters. The number of carbonyl (C=O) groups is 1. The number of benzene rings is 2. The van der Waals surface area contributed by atoms with Crippen LogP contribution < -0.4 is 9.80 Å². The zero-order chi connectivity index (χ0) is 20.1. The molecule has 2 aromatic carbocycles. The maximum atomic E-state index is 12.8. The summed E-state index contributed by atoms with van der Waals surface area (Å²) in [5.41, 5.74) is 6.44. The molecule has 0 unspecified atom stereocenters. The molecule has 2 aromatic rings. The molecule has 1 aliphatic rings. The highest BCUT2D eigenvalue weighted by molar-refractivity contribution is 5.77. The second-order valence-corrected chi connectivity index (χ2v) is 7.76. The van der Waals surface area contributed by atoms with Crippen LogP contribution in [0, 0.1) is 20.8 Å². The summed E-state index contributed by atoms with van der Waals surface area (Å²) in [6, 6.07) is 15.0. The first-order valence-electron chi connectivity index (χ1n) is 10.4. The average molecular weight is 380 g/mol. The van der Waals surface area contributed by atoms with E-state index in [1.165, 1.54) is 28.1 Å². The van der Waals surface area contributed by atoms with E-state index >= 15 is 0 Å². The molecule has 4 heteroatoms. The van der Waals surface area contributed by atoms with E-state index in [1.807, 2.05) is 4.90 Å². The predicted octanol–water partition coefficient (Wildman–Crippen LogP) is 4.18. The fourth-order valence-electron chi connectivity index (χ4n) is 3.96. The van der Waals surface area contributed by atoms with Crippen LogP contribution in [0.2, 0.25) is 0 Å². The standard InChI is InChI=1S/C24H33N3O/c1-5-25(22-10-6-8-19(2)18-22)13-12-24(28)27-16-14-26(15-17-27)23-11-7-9-20(3)21(23)4/h6-11,18H,5,12-17H2,1-4H3. The Morgan fingerprint density at radius 1 is 1.00 bits per heavy atom. The second kappa shape index (κ2) is 9.13. The summed E-state index contributed by atoms with van der Waals surface area (Å²) < 4.78 is 0. The second-order valence-electron chi connectivity index (χ2n) is 7.76. The van der Waals surface area contributed by atoms with Crippen LogP contribution >= 0.6 is 0 Å². The van der Waals surface area contributed by atoms with Crippen LogP contribution in [-0.2, 0) is 4.79 Å². The summed E-state index contributed by atoms with van der Waals surface area (Å²) >= 11 is 0. The van der Waals surface area contributed by atoms with Gasteiger partial charge in [-0.25, -0.2) is 0 Å². The van der Waals surface area contributed by atoms with E-state index < -0.39 is 0 Å². The summed E-state index contributed by atoms with van der Waals surface area (Å²) in [7, 11) is 0. The summed E-state index contributed by atoms with van der Waals surface area (Å²) in [6.45, 7) is 13.7. The van der Waals surface area contributed by atoms with Gasteiger partial charge < -0.3 is 14.7 Å². The Morgan fingerprint density at radius 3 is 2.39 bits per heavy atom. The summed E-state index contributed by atoms with van der Waals surface area (Å²) in [6.07, 6.45) is 0.575. The third kappa shape index (κ3) is 4.67. The number of hydrogen-bond donors (Lipinski definition) is 0. The molecule has 0 aromatic heterocycles. The van der Waals surface area contributed by atoms with Crippen molar-refractivity contribution in [2.75, 3.05) is 49.1 Å². The van der Waals surface area contributed by atoms with Crippen LogP contribution in [0.5, 0.6) is 0 Å². The van der Waals surface area contributed by atoms with Gasteiger partial charge in [-0.15, -0.1) is 0 Å². The van der Waals surface area contributed by atoms with Crippen molar-refractivity contribution in [3.8, 4) is 0 Å². The lowest BCUT2D eigenvalue weighted by molar-refractivity contribution is -0.131. The van der Waals surface area contributed by atoms with Gasteiger partial charge in [0.15, 0.2) is 0 Å². The van der Waals surface area contributed by atoms with Crippen molar-refractivity contribution in [3.05, 3.63) is 59.2 Å². The molecule has 0 saturated carbocycles. The molecule has 1 saturated heterocycles. The van der Waals surface area contributed by atoms with E-state index in [2.05, 4.69) is 80.0 Å². The van der Waals surface area contributed by atoms with E-state index in [1.54, 1.807) is 0 Å². The van der Waals surface area contributed by atoms with Crippen molar-refractivity contribution in [3.63, 3.8) is 0 Å². The van der Waals surface area contributed by atoms with E-state index in [0.29, 0.717) is 6.42 Å². The summed E-state index contributed by atoms with van der Waals surface area (Å²) in [5, 5.41) is 0. The maximum absolute atomic E-state index is 12.8. The molecule has 0 radical (unpaired) electrons. The highest BCUT2D eigenvalue weighted by Gasteiger charge is 2.22. The van der Waals surface area contributed by atoms with Crippen LogP contribution in [0.1, 0.15) is 30.0 Å². The Bertz CT molecular complexity index is 809. The van der Waals surface area contributed by atoms with Gasteiger partial charge in [0.25, 0.3) is 0 Å². The topological polar surface area (TPSA) is 26.8 Å². The number of hydrogen-bond acceptors (Lipinski definition) is 3. The summed E-state index contributed by atoms with van der Waals surface area (Å²) in [4.78, 5) is 19.5. The normalized spacial score (nSPS) is 14.3. The molecule has 0 bridgehead atoms. The number of aryl methyl sites for hydroxylation is 2. The lowest BCUT2D eigenvalue weighted by atomic mass is 10.1. The Balaban J connectivity index is 1.53. The van der Waals surface area contributed by atoms with Crippen LogP contribution in [0.3, 0.4) is 0 Å². The lowest BCUT2D eigenvalue weighted by Gasteiger charge is -2.37. The SMILES string of the molecule is CCN(CCC(=O)N1CCN(c2cccc(C)c2C)CC1)c1cccc(C)c1. The molecule has 0 aliphatic carbocycles. The highest BCUT2D eigenvalue weighted by Crippen LogP contribution is 2.24. The number of amides is 1. The third-order valence-corrected chi connectivity index (χ3v) is 5.89. The van der Waals surface area contributed by atoms with Crippen LogP contribution in [0.4, 0.5) is 11.4 Å². The van der Waals surface area contributed by atoms with Gasteiger partial charge in [0.05, 0.1) is 0 Å². The molecular weight excluding hydrogens is 346 g/mol. The van der Waals surface area contributed by atoms with Gasteiger partial charge in [-0.3, -0.25) is 4.79 Å². The van der Waals surface area contributed by atoms with Crippen LogP contribution in [0.15, 0.2) is 42.5 Å². The van der Waals surface area contributed by atoms with Crippen molar-refractivity contribution in [1.82, 2.24) is 4.90 Å². The fourth-order valence-corrected chi connectivity index (χ4v) is 3.96. The maximum Gasteiger partial charge on any atom is 0.224 e. The Labute approximate surface area is 169 Å². The van der Waals surface area contributed by atoms with E-state index in [0.717, 1.165) is 39.3 Å². The predicted molar refractivity (Wildman–Crippen MR) is 118 cm³/mol. The van der Waals surface area contributed by atoms with Gasteiger partial charge in [0, 0.05) is 57.1 Å². The van der Waals surface area contributed by atoms with Crippen molar-refractivity contribution in [2.24, 2.45) is 0 Å². The smallest absolute Gasteiger partial charge is 0.224 e. The summed E-state index contributed by atoms with van der Waals surface area (Å²) in [5.74, 6) is 0.270. The number of anilines is 2. The molecule has 1 amide bonds. The Morgan fingerprint density at radius 2 is 1.71 bits per heavy atom. The fraction of sp³-hybridized carbons (Fsp3) is 0.458. The van der Waals surface area contributed by atoms with Crippen LogP contribution in [0.25, 0.3) is 0 Å². The largest absolute Gasteiger partial charge is 0.371 e. The lowest BCUT2D eigenvalue weighted by Crippen LogP contribution is -2.49. The number of carbonyl (C=O) groups excluding carboxylic acids is 1. The molecular formula is C24H33N3O. The minimum absolute atomic E-state index is 0.270. The van der Waals surface area contributed by atoms with Gasteiger partial charge >= 0.3 is 0 Å². The first kappa shape index (κ1) is 20.2. The molecule has 0 spiro atoms. The molecule has 1 aliphatic heterocycles. The van der Waals surface area contributed by atoms with E-state index in [9.17, 15) is 4.79 Å². The van der Waals surface area contributed by atoms with Crippen LogP contribution in [-0.4, -0.2) is 50.1 Å². The zero-order valence-electron chi connectivity index (χ0n) is 17.7. The first-order chi connectivity index (χ1) is 13.5. The monoisotopic (exact) mass is 379 g/mol. The quantitative estimate of drug-likeness (QED) is 0.753. The molecule has 150 valence electrons. The van der Waals surface area contributed by atoms with Crippen molar-refractivity contribution in [2.45, 2.75) is 34.1 Å². The highest BCUT2D eigenvalue weighted by atomic mass is 16.2. The van der Waals surface area contributed by atoms with Gasteiger partial charge in [-0.05, 0) is 62.6 Å². The molecule has 4 nitrogen and oxygen atoms in total. The molecule has 1 fully saturated rings. The van der Waals surface area contributed by atoms with E-state index in [4.69, 9.17) is 0 Å². The third-order valence-electron chi connectivity index (χ3n) is 5.89. The molecule has 3 rings (SSSR count). The molecule has 0 N–H and O–H groups in total. The van der Waals surface area contributed by atoms with E-state index in [-0.39, 0.29) is 5.91 Å². The van der Waals surface area contributed by atoms with Crippen molar-refractivity contribution >= 4 is 17.3 Å². The van der Waals surface area contributed by atoms with Gasteiger partial charge in [-0.2, -0.15) is 0 Å². The Kier molecular flexibility index (Phi) is 6.61. The number of piperazine rings is 1. The van der Waals surface area contributed by atoms with Gasteiger partial charge in [0.1, 0.15) is 0 Å². The zero-order valence-corrected chi connectivity index (χ0v) is 17.7. The van der Waals surface area contributed by atoms with Gasteiger partial charge in [0.2, 0.25) is 5.91 Å². The Hall–Kier alpha value is -2.49. The minimum atomic E-state index is 0.270. The average Bonchev–Trinajstić information content (AvgIpc) is 2.70. The number of nitrogens with zero attached hydrogens (tertiary/aromatic N) is 3. The molecule has 28 heavy (non-hydrogen) atoms.